The largest absolute Gasteiger partial charge is 0.497 e. The van der Waals surface area contributed by atoms with E-state index in [4.69, 9.17) is 30.5 Å². The quantitative estimate of drug-likeness (QED) is 0.200. The fourth-order valence-electron chi connectivity index (χ4n) is 4.51. The highest BCUT2D eigenvalue weighted by atomic mass is 35.5. The van der Waals surface area contributed by atoms with Gasteiger partial charge in [0.1, 0.15) is 42.2 Å². The fraction of sp³-hybridized carbons (Fsp3) is 0.345. The Morgan fingerprint density at radius 3 is 2.55 bits per heavy atom. The molecular formula is C29H31ClFN3O6. The first kappa shape index (κ1) is 28.9. The summed E-state index contributed by atoms with van der Waals surface area (Å²) in [6.07, 6.45) is 0.632. The summed E-state index contributed by atoms with van der Waals surface area (Å²) in [5.74, 6) is -0.496. The predicted molar refractivity (Wildman–Crippen MR) is 152 cm³/mol. The van der Waals surface area contributed by atoms with E-state index in [-0.39, 0.29) is 19.1 Å². The van der Waals surface area contributed by atoms with Crippen LogP contribution in [0.1, 0.15) is 31.0 Å². The van der Waals surface area contributed by atoms with Crippen LogP contribution in [0.25, 0.3) is 0 Å². The third-order valence-corrected chi connectivity index (χ3v) is 6.45. The van der Waals surface area contributed by atoms with E-state index in [9.17, 15) is 14.1 Å². The summed E-state index contributed by atoms with van der Waals surface area (Å²) in [7, 11) is 3.02. The van der Waals surface area contributed by atoms with Gasteiger partial charge in [0.25, 0.3) is 5.91 Å². The van der Waals surface area contributed by atoms with Crippen LogP contribution in [0.3, 0.4) is 0 Å². The van der Waals surface area contributed by atoms with Crippen LogP contribution >= 0.6 is 11.6 Å². The van der Waals surface area contributed by atoms with Crippen molar-refractivity contribution in [2.45, 2.75) is 32.2 Å². The number of carbonyl (C=O) groups excluding carboxylic acids is 1. The van der Waals surface area contributed by atoms with E-state index in [0.717, 1.165) is 5.56 Å². The zero-order chi connectivity index (χ0) is 28.9. The Morgan fingerprint density at radius 1 is 1.07 bits per heavy atom. The van der Waals surface area contributed by atoms with E-state index in [1.807, 2.05) is 6.07 Å². The number of hydrogen-bond donors (Lipinski definition) is 1. The molecule has 1 atom stereocenters. The van der Waals surface area contributed by atoms with Crippen LogP contribution in [0.15, 0.2) is 59.8 Å². The molecule has 1 aliphatic heterocycles. The number of anilines is 2. The minimum atomic E-state index is -1.88. The summed E-state index contributed by atoms with van der Waals surface area (Å²) in [5, 5.41) is 6.57. The molecular weight excluding hydrogens is 541 g/mol. The second-order valence-electron chi connectivity index (χ2n) is 9.56. The molecule has 0 fully saturated rings. The Morgan fingerprint density at radius 2 is 1.85 bits per heavy atom. The number of ether oxygens (including phenoxy) is 4. The van der Waals surface area contributed by atoms with Crippen molar-refractivity contribution in [3.63, 3.8) is 0 Å². The van der Waals surface area contributed by atoms with Gasteiger partial charge in [0.15, 0.2) is 0 Å². The van der Waals surface area contributed by atoms with Gasteiger partial charge in [0.05, 0.1) is 19.9 Å². The fourth-order valence-corrected chi connectivity index (χ4v) is 4.67. The Balaban J connectivity index is 1.73. The average molecular weight is 572 g/mol. The molecule has 11 heteroatoms. The zero-order valence-electron chi connectivity index (χ0n) is 22.7. The number of nitroso groups, excluding NO2 is 1. The second-order valence-corrected chi connectivity index (χ2v) is 9.99. The lowest BCUT2D eigenvalue weighted by Gasteiger charge is -2.28. The molecule has 1 amide bonds. The molecule has 0 bridgehead atoms. The average Bonchev–Trinajstić information content (AvgIpc) is 3.34. The number of nitrogens with zero attached hydrogens (tertiary/aromatic N) is 2. The van der Waals surface area contributed by atoms with Crippen LogP contribution in [-0.4, -0.2) is 45.7 Å². The Labute approximate surface area is 237 Å². The maximum Gasteiger partial charge on any atom is 0.254 e. The van der Waals surface area contributed by atoms with Gasteiger partial charge in [0, 0.05) is 60.9 Å². The van der Waals surface area contributed by atoms with Crippen LogP contribution in [0.4, 0.5) is 15.8 Å². The number of methoxy groups -OCH3 is 2. The molecule has 0 radical (unpaired) electrons. The number of fused-ring (bicyclic) bond motifs is 1. The summed E-state index contributed by atoms with van der Waals surface area (Å²) in [6, 6.07) is 14.4. The van der Waals surface area contributed by atoms with E-state index >= 15 is 0 Å². The van der Waals surface area contributed by atoms with E-state index in [2.05, 4.69) is 10.5 Å². The van der Waals surface area contributed by atoms with Crippen LogP contribution in [0, 0.1) is 4.91 Å². The van der Waals surface area contributed by atoms with Gasteiger partial charge in [-0.3, -0.25) is 4.79 Å². The van der Waals surface area contributed by atoms with Gasteiger partial charge in [-0.2, -0.15) is 9.30 Å². The predicted octanol–water partition coefficient (Wildman–Crippen LogP) is 6.33. The molecule has 1 unspecified atom stereocenters. The number of rotatable bonds is 12. The van der Waals surface area contributed by atoms with Gasteiger partial charge < -0.3 is 29.2 Å². The number of nitrogens with one attached hydrogen (secondary N) is 1. The lowest BCUT2D eigenvalue weighted by Crippen LogP contribution is -2.37. The number of benzene rings is 3. The number of amides is 1. The van der Waals surface area contributed by atoms with Gasteiger partial charge in [-0.1, -0.05) is 28.9 Å². The van der Waals surface area contributed by atoms with E-state index < -0.39 is 11.9 Å². The summed E-state index contributed by atoms with van der Waals surface area (Å²) in [5.41, 5.74) is 2.67. The maximum atomic E-state index is 14.3. The Kier molecular flexibility index (Phi) is 8.99. The van der Waals surface area contributed by atoms with Crippen molar-refractivity contribution in [2.24, 2.45) is 5.18 Å². The highest BCUT2D eigenvalue weighted by Gasteiger charge is 2.34. The van der Waals surface area contributed by atoms with Gasteiger partial charge in [-0.25, -0.2) is 0 Å². The minimum Gasteiger partial charge on any atom is -0.497 e. The highest BCUT2D eigenvalue weighted by molar-refractivity contribution is 6.30. The second kappa shape index (κ2) is 12.4. The summed E-state index contributed by atoms with van der Waals surface area (Å²) in [6.45, 7) is 3.14. The summed E-state index contributed by atoms with van der Waals surface area (Å²) >= 11 is 6.22. The van der Waals surface area contributed by atoms with E-state index in [0.29, 0.717) is 57.9 Å². The molecule has 0 saturated heterocycles. The lowest BCUT2D eigenvalue weighted by molar-refractivity contribution is -0.119. The summed E-state index contributed by atoms with van der Waals surface area (Å²) in [4.78, 5) is 26.4. The standard InChI is InChI=1S/C29H31ClFN3O6/c1-29(2,31)40-21-7-5-18-9-11-34(25(18)17-21)28(35)27(24-8-6-19(30)13-26(24)38-4)33-20-14-22(37-3)16-23(15-20)39-12-10-32-36/h5-8,13-17,27,33H,9-12H2,1-4H3. The van der Waals surface area contributed by atoms with Crippen LogP contribution in [0.2, 0.25) is 5.02 Å². The molecule has 0 aliphatic carbocycles. The van der Waals surface area contributed by atoms with Crippen molar-refractivity contribution < 1.29 is 28.1 Å². The van der Waals surface area contributed by atoms with Crippen molar-refractivity contribution in [3.8, 4) is 23.0 Å². The Bertz CT molecular complexity index is 1380. The Hall–Kier alpha value is -4.05. The topological polar surface area (TPSA) is 98.7 Å². The first-order valence-electron chi connectivity index (χ1n) is 12.6. The maximum absolute atomic E-state index is 14.3. The van der Waals surface area contributed by atoms with Gasteiger partial charge in [-0.05, 0) is 30.2 Å². The third kappa shape index (κ3) is 6.93. The van der Waals surface area contributed by atoms with Crippen molar-refractivity contribution in [1.29, 1.82) is 0 Å². The molecule has 1 heterocycles. The number of halogens is 2. The van der Waals surface area contributed by atoms with Gasteiger partial charge in [-0.15, -0.1) is 0 Å². The molecule has 0 aromatic heterocycles. The molecule has 0 saturated carbocycles. The molecule has 40 heavy (non-hydrogen) atoms. The first-order valence-corrected chi connectivity index (χ1v) is 13.0. The number of alkyl halides is 1. The first-order chi connectivity index (χ1) is 19.1. The monoisotopic (exact) mass is 571 g/mol. The zero-order valence-corrected chi connectivity index (χ0v) is 23.5. The van der Waals surface area contributed by atoms with Gasteiger partial charge >= 0.3 is 0 Å². The molecule has 4 rings (SSSR count). The van der Waals surface area contributed by atoms with Gasteiger partial charge in [0.2, 0.25) is 5.85 Å². The molecule has 212 valence electrons. The molecule has 9 nitrogen and oxygen atoms in total. The molecule has 1 N–H and O–H groups in total. The lowest BCUT2D eigenvalue weighted by atomic mass is 10.0. The number of carbonyl (C=O) groups is 1. The molecule has 3 aromatic rings. The van der Waals surface area contributed by atoms with E-state index in [1.165, 1.54) is 28.1 Å². The van der Waals surface area contributed by atoms with Crippen molar-refractivity contribution >= 4 is 28.9 Å². The molecule has 3 aromatic carbocycles. The smallest absolute Gasteiger partial charge is 0.254 e. The molecule has 0 spiro atoms. The van der Waals surface area contributed by atoms with Crippen LogP contribution in [-0.2, 0) is 11.2 Å². The van der Waals surface area contributed by atoms with Crippen LogP contribution in [0.5, 0.6) is 23.0 Å². The highest BCUT2D eigenvalue weighted by Crippen LogP contribution is 2.38. The van der Waals surface area contributed by atoms with E-state index in [1.54, 1.807) is 53.4 Å². The summed E-state index contributed by atoms with van der Waals surface area (Å²) < 4.78 is 36.3. The minimum absolute atomic E-state index is 0.0112. The number of hydrogen-bond acceptors (Lipinski definition) is 8. The third-order valence-electron chi connectivity index (χ3n) is 6.21. The normalized spacial score (nSPS) is 13.3. The SMILES string of the molecule is COc1cc(NC(C(=O)N2CCc3ccc(OC(C)(C)F)cc32)c2ccc(Cl)cc2OC)cc(OCCN=O)c1. The van der Waals surface area contributed by atoms with Crippen LogP contribution < -0.4 is 29.2 Å². The molecule has 1 aliphatic rings. The van der Waals surface area contributed by atoms with Crippen molar-refractivity contribution in [3.05, 3.63) is 75.7 Å². The van der Waals surface area contributed by atoms with Crippen molar-refractivity contribution in [1.82, 2.24) is 0 Å². The van der Waals surface area contributed by atoms with Crippen molar-refractivity contribution in [2.75, 3.05) is 44.1 Å².